The standard InChI is InChI=1S/C16H19N3O2/c1-16(2)10-21-8-7-19(16)15(20)12-9-14(17)18-13-6-4-3-5-11(12)13/h3-6,9H,7-8,10H2,1-2H3,(H2,17,18). The molecule has 1 aromatic carbocycles. The number of anilines is 1. The fourth-order valence-electron chi connectivity index (χ4n) is 2.75. The summed E-state index contributed by atoms with van der Waals surface area (Å²) in [5, 5.41) is 0.832. The van der Waals surface area contributed by atoms with Crippen molar-refractivity contribution in [2.75, 3.05) is 25.5 Å². The number of benzene rings is 1. The molecule has 2 heterocycles. The van der Waals surface area contributed by atoms with Crippen molar-refractivity contribution in [2.45, 2.75) is 19.4 Å². The van der Waals surface area contributed by atoms with Crippen LogP contribution in [0.1, 0.15) is 24.2 Å². The minimum absolute atomic E-state index is 0.0198. The summed E-state index contributed by atoms with van der Waals surface area (Å²) in [5.74, 6) is 0.344. The van der Waals surface area contributed by atoms with Crippen LogP contribution in [0.4, 0.5) is 5.82 Å². The number of ether oxygens (including phenoxy) is 1. The Morgan fingerprint density at radius 2 is 2.14 bits per heavy atom. The molecule has 0 unspecified atom stereocenters. The minimum Gasteiger partial charge on any atom is -0.384 e. The lowest BCUT2D eigenvalue weighted by molar-refractivity contribution is -0.0369. The number of carbonyl (C=O) groups is 1. The molecule has 5 nitrogen and oxygen atoms in total. The number of para-hydroxylation sites is 1. The van der Waals surface area contributed by atoms with E-state index in [1.807, 2.05) is 43.0 Å². The maximum absolute atomic E-state index is 13.0. The monoisotopic (exact) mass is 285 g/mol. The van der Waals surface area contributed by atoms with Gasteiger partial charge in [-0.2, -0.15) is 0 Å². The highest BCUT2D eigenvalue weighted by Crippen LogP contribution is 2.26. The zero-order valence-corrected chi connectivity index (χ0v) is 12.3. The predicted octanol–water partition coefficient (Wildman–Crippen LogP) is 2.07. The van der Waals surface area contributed by atoms with Gasteiger partial charge in [0.1, 0.15) is 5.82 Å². The van der Waals surface area contributed by atoms with Crippen LogP contribution in [0.15, 0.2) is 30.3 Å². The normalized spacial score (nSPS) is 17.9. The summed E-state index contributed by atoms with van der Waals surface area (Å²) in [6.07, 6.45) is 0. The number of morpholine rings is 1. The molecule has 0 saturated carbocycles. The Morgan fingerprint density at radius 3 is 2.90 bits per heavy atom. The first-order valence-corrected chi connectivity index (χ1v) is 7.04. The van der Waals surface area contributed by atoms with E-state index < -0.39 is 0 Å². The average Bonchev–Trinajstić information content (AvgIpc) is 2.45. The van der Waals surface area contributed by atoms with E-state index in [0.717, 1.165) is 10.9 Å². The van der Waals surface area contributed by atoms with Gasteiger partial charge in [-0.05, 0) is 26.0 Å². The van der Waals surface area contributed by atoms with Gasteiger partial charge in [0.15, 0.2) is 0 Å². The molecule has 1 aliphatic rings. The molecule has 21 heavy (non-hydrogen) atoms. The molecular weight excluding hydrogens is 266 g/mol. The van der Waals surface area contributed by atoms with Gasteiger partial charge in [0, 0.05) is 11.9 Å². The highest BCUT2D eigenvalue weighted by atomic mass is 16.5. The second-order valence-corrected chi connectivity index (χ2v) is 5.93. The van der Waals surface area contributed by atoms with Gasteiger partial charge in [-0.15, -0.1) is 0 Å². The molecule has 1 amide bonds. The summed E-state index contributed by atoms with van der Waals surface area (Å²) in [6.45, 7) is 5.71. The van der Waals surface area contributed by atoms with E-state index in [-0.39, 0.29) is 11.4 Å². The molecule has 3 rings (SSSR count). The Kier molecular flexibility index (Phi) is 3.29. The van der Waals surface area contributed by atoms with Crippen LogP contribution in [-0.2, 0) is 4.74 Å². The molecule has 0 spiro atoms. The van der Waals surface area contributed by atoms with Crippen molar-refractivity contribution in [2.24, 2.45) is 0 Å². The van der Waals surface area contributed by atoms with Gasteiger partial charge >= 0.3 is 0 Å². The van der Waals surface area contributed by atoms with Gasteiger partial charge in [0.05, 0.1) is 29.8 Å². The number of nitrogens with zero attached hydrogens (tertiary/aromatic N) is 2. The molecule has 110 valence electrons. The van der Waals surface area contributed by atoms with Crippen LogP contribution in [0, 0.1) is 0 Å². The highest BCUT2D eigenvalue weighted by Gasteiger charge is 2.35. The Balaban J connectivity index is 2.09. The van der Waals surface area contributed by atoms with E-state index in [1.165, 1.54) is 0 Å². The summed E-state index contributed by atoms with van der Waals surface area (Å²) in [5.41, 5.74) is 6.88. The number of nitrogens with two attached hydrogens (primary N) is 1. The van der Waals surface area contributed by atoms with E-state index in [0.29, 0.717) is 31.1 Å². The molecule has 1 aliphatic heterocycles. The number of pyridine rings is 1. The number of hydrogen-bond acceptors (Lipinski definition) is 4. The van der Waals surface area contributed by atoms with Crippen LogP contribution in [-0.4, -0.2) is 41.1 Å². The molecule has 0 radical (unpaired) electrons. The molecule has 1 saturated heterocycles. The third kappa shape index (κ3) is 2.45. The minimum atomic E-state index is -0.325. The molecule has 2 aromatic rings. The van der Waals surface area contributed by atoms with Crippen LogP contribution >= 0.6 is 0 Å². The summed E-state index contributed by atoms with van der Waals surface area (Å²) < 4.78 is 5.48. The molecule has 0 atom stereocenters. The Bertz CT molecular complexity index is 697. The van der Waals surface area contributed by atoms with Gasteiger partial charge in [0.25, 0.3) is 5.91 Å². The van der Waals surface area contributed by atoms with E-state index in [9.17, 15) is 4.79 Å². The maximum atomic E-state index is 13.0. The predicted molar refractivity (Wildman–Crippen MR) is 82.1 cm³/mol. The number of hydrogen-bond donors (Lipinski definition) is 1. The summed E-state index contributed by atoms with van der Waals surface area (Å²) in [7, 11) is 0. The van der Waals surface area contributed by atoms with Crippen molar-refractivity contribution in [3.63, 3.8) is 0 Å². The third-order valence-electron chi connectivity index (χ3n) is 3.86. The third-order valence-corrected chi connectivity index (χ3v) is 3.86. The van der Waals surface area contributed by atoms with Crippen molar-refractivity contribution in [3.05, 3.63) is 35.9 Å². The lowest BCUT2D eigenvalue weighted by Gasteiger charge is -2.42. The second kappa shape index (κ2) is 5.00. The van der Waals surface area contributed by atoms with E-state index in [4.69, 9.17) is 10.5 Å². The second-order valence-electron chi connectivity index (χ2n) is 5.93. The number of fused-ring (bicyclic) bond motifs is 1. The number of amides is 1. The van der Waals surface area contributed by atoms with Crippen LogP contribution in [0.2, 0.25) is 0 Å². The van der Waals surface area contributed by atoms with E-state index in [2.05, 4.69) is 4.98 Å². The van der Waals surface area contributed by atoms with E-state index in [1.54, 1.807) is 6.07 Å². The first kappa shape index (κ1) is 13.8. The molecule has 1 fully saturated rings. The van der Waals surface area contributed by atoms with Crippen molar-refractivity contribution in [1.82, 2.24) is 9.88 Å². The van der Waals surface area contributed by atoms with Crippen molar-refractivity contribution < 1.29 is 9.53 Å². The molecule has 2 N–H and O–H groups in total. The van der Waals surface area contributed by atoms with Gasteiger partial charge in [-0.3, -0.25) is 4.79 Å². The fourth-order valence-corrected chi connectivity index (χ4v) is 2.75. The van der Waals surface area contributed by atoms with Crippen LogP contribution in [0.25, 0.3) is 10.9 Å². The molecule has 5 heteroatoms. The lowest BCUT2D eigenvalue weighted by Crippen LogP contribution is -2.55. The smallest absolute Gasteiger partial charge is 0.255 e. The highest BCUT2D eigenvalue weighted by molar-refractivity contribution is 6.07. The molecule has 0 aliphatic carbocycles. The maximum Gasteiger partial charge on any atom is 0.255 e. The lowest BCUT2D eigenvalue weighted by atomic mass is 9.99. The number of carbonyl (C=O) groups excluding carboxylic acids is 1. The van der Waals surface area contributed by atoms with Crippen molar-refractivity contribution in [1.29, 1.82) is 0 Å². The average molecular weight is 285 g/mol. The van der Waals surface area contributed by atoms with Crippen LogP contribution in [0.5, 0.6) is 0 Å². The number of rotatable bonds is 1. The zero-order chi connectivity index (χ0) is 15.0. The van der Waals surface area contributed by atoms with E-state index >= 15 is 0 Å². The Morgan fingerprint density at radius 1 is 1.38 bits per heavy atom. The fraction of sp³-hybridized carbons (Fsp3) is 0.375. The SMILES string of the molecule is CC1(C)COCCN1C(=O)c1cc(N)nc2ccccc12. The largest absolute Gasteiger partial charge is 0.384 e. The van der Waals surface area contributed by atoms with Crippen molar-refractivity contribution in [3.8, 4) is 0 Å². The van der Waals surface area contributed by atoms with Gasteiger partial charge < -0.3 is 15.4 Å². The van der Waals surface area contributed by atoms with Gasteiger partial charge in [-0.1, -0.05) is 18.2 Å². The Labute approximate surface area is 123 Å². The molecular formula is C16H19N3O2. The van der Waals surface area contributed by atoms with Crippen LogP contribution in [0.3, 0.4) is 0 Å². The first-order chi connectivity index (χ1) is 9.99. The van der Waals surface area contributed by atoms with Gasteiger partial charge in [0.2, 0.25) is 0 Å². The topological polar surface area (TPSA) is 68.5 Å². The summed E-state index contributed by atoms with van der Waals surface area (Å²) in [4.78, 5) is 19.1. The summed E-state index contributed by atoms with van der Waals surface area (Å²) in [6, 6.07) is 9.23. The molecule has 1 aromatic heterocycles. The quantitative estimate of drug-likeness (QED) is 0.871. The number of nitrogen functional groups attached to an aromatic ring is 1. The van der Waals surface area contributed by atoms with Crippen LogP contribution < -0.4 is 5.73 Å². The number of aromatic nitrogens is 1. The van der Waals surface area contributed by atoms with Crippen molar-refractivity contribution >= 4 is 22.6 Å². The van der Waals surface area contributed by atoms with Gasteiger partial charge in [-0.25, -0.2) is 4.98 Å². The first-order valence-electron chi connectivity index (χ1n) is 7.04. The molecule has 0 bridgehead atoms. The Hall–Kier alpha value is -2.14. The zero-order valence-electron chi connectivity index (χ0n) is 12.3. The summed E-state index contributed by atoms with van der Waals surface area (Å²) >= 11 is 0.